The highest BCUT2D eigenvalue weighted by Crippen LogP contribution is 2.35. The fourth-order valence-corrected chi connectivity index (χ4v) is 1.14. The van der Waals surface area contributed by atoms with Gasteiger partial charge in [-0.05, 0) is 13.0 Å². The molecule has 0 unspecified atom stereocenters. The van der Waals surface area contributed by atoms with Crippen molar-refractivity contribution in [1.29, 1.82) is 0 Å². The number of aliphatic hydroxyl groups is 2. The fraction of sp³-hybridized carbons (Fsp3) is 0.333. The Morgan fingerprint density at radius 2 is 1.43 bits per heavy atom. The quantitative estimate of drug-likeness (QED) is 0.688. The molecule has 2 N–H and O–H groups in total. The third-order valence-electron chi connectivity index (χ3n) is 1.74. The summed E-state index contributed by atoms with van der Waals surface area (Å²) in [7, 11) is 0. The van der Waals surface area contributed by atoms with Crippen molar-refractivity contribution in [2.24, 2.45) is 0 Å². The Labute approximate surface area is 78.6 Å². The second kappa shape index (κ2) is 3.25. The topological polar surface area (TPSA) is 40.5 Å². The molecule has 0 saturated heterocycles. The minimum atomic E-state index is -4.58. The number of halogens is 3. The van der Waals surface area contributed by atoms with E-state index in [0.717, 1.165) is 19.1 Å². The van der Waals surface area contributed by atoms with E-state index in [9.17, 15) is 13.2 Å². The molecule has 0 aromatic heterocycles. The summed E-state index contributed by atoms with van der Waals surface area (Å²) in [5.41, 5.74) is -1.58. The maximum atomic E-state index is 12.4. The molecule has 0 aliphatic heterocycles. The Morgan fingerprint density at radius 3 is 1.71 bits per heavy atom. The highest BCUT2D eigenvalue weighted by atomic mass is 19.4. The van der Waals surface area contributed by atoms with Crippen molar-refractivity contribution >= 4 is 0 Å². The van der Waals surface area contributed by atoms with Gasteiger partial charge in [-0.3, -0.25) is 0 Å². The number of benzene rings is 1. The molecule has 0 aliphatic carbocycles. The van der Waals surface area contributed by atoms with Gasteiger partial charge in [-0.2, -0.15) is 13.2 Å². The van der Waals surface area contributed by atoms with Crippen LogP contribution < -0.4 is 0 Å². The molecule has 1 aromatic rings. The number of alkyl halides is 3. The second-order valence-electron chi connectivity index (χ2n) is 3.06. The molecule has 1 rings (SSSR count). The summed E-state index contributed by atoms with van der Waals surface area (Å²) in [5.74, 6) is -2.48. The average Bonchev–Trinajstić information content (AvgIpc) is 2.01. The lowest BCUT2D eigenvalue weighted by atomic mass is 10.0. The van der Waals surface area contributed by atoms with Crippen molar-refractivity contribution < 1.29 is 23.4 Å². The van der Waals surface area contributed by atoms with Crippen LogP contribution in [0.15, 0.2) is 24.3 Å². The molecule has 5 heteroatoms. The highest BCUT2D eigenvalue weighted by molar-refractivity contribution is 5.32. The zero-order valence-electron chi connectivity index (χ0n) is 7.34. The van der Waals surface area contributed by atoms with E-state index in [1.165, 1.54) is 12.1 Å². The van der Waals surface area contributed by atoms with Crippen LogP contribution in [0.25, 0.3) is 0 Å². The van der Waals surface area contributed by atoms with Crippen molar-refractivity contribution in [1.82, 2.24) is 0 Å². The van der Waals surface area contributed by atoms with E-state index in [1.807, 2.05) is 0 Å². The third-order valence-corrected chi connectivity index (χ3v) is 1.74. The third kappa shape index (κ3) is 2.24. The van der Waals surface area contributed by atoms with Crippen LogP contribution >= 0.6 is 0 Å². The van der Waals surface area contributed by atoms with Crippen LogP contribution in [0.4, 0.5) is 13.2 Å². The molecular formula is C9H9F3O2. The summed E-state index contributed by atoms with van der Waals surface area (Å²) in [4.78, 5) is 0. The van der Waals surface area contributed by atoms with Gasteiger partial charge in [-0.1, -0.05) is 18.2 Å². The number of rotatable bonds is 1. The molecule has 0 saturated carbocycles. The van der Waals surface area contributed by atoms with Crippen LogP contribution in [0.2, 0.25) is 0 Å². The first-order chi connectivity index (χ1) is 6.23. The number of hydrogen-bond donors (Lipinski definition) is 2. The van der Waals surface area contributed by atoms with Crippen LogP contribution in [0.5, 0.6) is 0 Å². The molecule has 0 fully saturated rings. The van der Waals surface area contributed by atoms with Crippen molar-refractivity contribution in [2.75, 3.05) is 0 Å². The van der Waals surface area contributed by atoms with Gasteiger partial charge in [-0.15, -0.1) is 0 Å². The first kappa shape index (κ1) is 11.0. The zero-order valence-corrected chi connectivity index (χ0v) is 7.34. The minimum absolute atomic E-state index is 0.549. The van der Waals surface area contributed by atoms with Gasteiger partial charge in [0.05, 0.1) is 5.56 Å². The Hall–Kier alpha value is -1.07. The number of hydrogen-bond acceptors (Lipinski definition) is 2. The molecule has 0 aliphatic rings. The minimum Gasteiger partial charge on any atom is -0.362 e. The van der Waals surface area contributed by atoms with E-state index in [-0.39, 0.29) is 0 Å². The first-order valence-electron chi connectivity index (χ1n) is 3.84. The smallest absolute Gasteiger partial charge is 0.362 e. The zero-order chi connectivity index (χ0) is 11.0. The Balaban J connectivity index is 3.31. The Morgan fingerprint density at radius 1 is 1.00 bits per heavy atom. The van der Waals surface area contributed by atoms with E-state index in [1.54, 1.807) is 0 Å². The maximum Gasteiger partial charge on any atom is 0.416 e. The van der Waals surface area contributed by atoms with Crippen LogP contribution in [0.1, 0.15) is 18.1 Å². The lowest BCUT2D eigenvalue weighted by Gasteiger charge is -2.21. The summed E-state index contributed by atoms with van der Waals surface area (Å²) in [5, 5.41) is 18.2. The van der Waals surface area contributed by atoms with E-state index < -0.39 is 23.1 Å². The van der Waals surface area contributed by atoms with Crippen LogP contribution in [0.3, 0.4) is 0 Å². The van der Waals surface area contributed by atoms with Gasteiger partial charge in [-0.25, -0.2) is 0 Å². The fourth-order valence-electron chi connectivity index (χ4n) is 1.14. The molecule has 0 spiro atoms. The van der Waals surface area contributed by atoms with Gasteiger partial charge < -0.3 is 10.2 Å². The van der Waals surface area contributed by atoms with Crippen molar-refractivity contribution in [3.63, 3.8) is 0 Å². The van der Waals surface area contributed by atoms with E-state index >= 15 is 0 Å². The SMILES string of the molecule is CC(O)(O)c1ccccc1C(F)(F)F. The molecule has 78 valence electrons. The molecule has 0 amide bonds. The van der Waals surface area contributed by atoms with E-state index in [2.05, 4.69) is 0 Å². The predicted molar refractivity (Wildman–Crippen MR) is 43.2 cm³/mol. The molecule has 1 aromatic carbocycles. The molecule has 0 heterocycles. The maximum absolute atomic E-state index is 12.4. The summed E-state index contributed by atoms with van der Waals surface area (Å²) < 4.78 is 37.1. The standard InChI is InChI=1S/C9H9F3O2/c1-8(13,14)6-4-2-3-5-7(6)9(10,11)12/h2-5,13-14H,1H3. The van der Waals surface area contributed by atoms with Gasteiger partial charge in [0.15, 0.2) is 5.79 Å². The van der Waals surface area contributed by atoms with Gasteiger partial charge in [0.25, 0.3) is 0 Å². The molecular weight excluding hydrogens is 197 g/mol. The summed E-state index contributed by atoms with van der Waals surface area (Å²) >= 11 is 0. The normalized spacial score (nSPS) is 13.0. The van der Waals surface area contributed by atoms with Crippen molar-refractivity contribution in [3.8, 4) is 0 Å². The second-order valence-corrected chi connectivity index (χ2v) is 3.06. The summed E-state index contributed by atoms with van der Waals surface area (Å²) in [6.45, 7) is 0.886. The van der Waals surface area contributed by atoms with Gasteiger partial charge >= 0.3 is 6.18 Å². The molecule has 14 heavy (non-hydrogen) atoms. The summed E-state index contributed by atoms with van der Waals surface area (Å²) in [6.07, 6.45) is -4.58. The lowest BCUT2D eigenvalue weighted by Crippen LogP contribution is -2.24. The largest absolute Gasteiger partial charge is 0.416 e. The average molecular weight is 206 g/mol. The molecule has 0 bridgehead atoms. The van der Waals surface area contributed by atoms with Crippen molar-refractivity contribution in [3.05, 3.63) is 35.4 Å². The van der Waals surface area contributed by atoms with E-state index in [4.69, 9.17) is 10.2 Å². The van der Waals surface area contributed by atoms with Crippen LogP contribution in [-0.2, 0) is 12.0 Å². The van der Waals surface area contributed by atoms with Crippen LogP contribution in [-0.4, -0.2) is 10.2 Å². The lowest BCUT2D eigenvalue weighted by molar-refractivity contribution is -0.169. The molecule has 2 nitrogen and oxygen atoms in total. The summed E-state index contributed by atoms with van der Waals surface area (Å²) in [6, 6.07) is 4.34. The Kier molecular flexibility index (Phi) is 2.56. The Bertz CT molecular complexity index is 293. The van der Waals surface area contributed by atoms with Gasteiger partial charge in [0.1, 0.15) is 0 Å². The monoisotopic (exact) mass is 206 g/mol. The highest BCUT2D eigenvalue weighted by Gasteiger charge is 2.37. The predicted octanol–water partition coefficient (Wildman–Crippen LogP) is 1.86. The van der Waals surface area contributed by atoms with Gasteiger partial charge in [0, 0.05) is 5.56 Å². The first-order valence-corrected chi connectivity index (χ1v) is 3.84. The van der Waals surface area contributed by atoms with Gasteiger partial charge in [0.2, 0.25) is 0 Å². The van der Waals surface area contributed by atoms with Crippen LogP contribution in [0, 0.1) is 0 Å². The van der Waals surface area contributed by atoms with E-state index in [0.29, 0.717) is 0 Å². The molecule has 0 radical (unpaired) electrons. The molecule has 0 atom stereocenters. The van der Waals surface area contributed by atoms with Crippen molar-refractivity contribution in [2.45, 2.75) is 18.9 Å².